The normalized spacial score (nSPS) is 18.9. The number of carbonyl (C=O) groups is 3. The Bertz CT molecular complexity index is 346. The second-order valence-electron chi connectivity index (χ2n) is 4.77. The number of carboxylic acids is 1. The van der Waals surface area contributed by atoms with Crippen LogP contribution < -0.4 is 11.1 Å². The molecule has 1 saturated heterocycles. The van der Waals surface area contributed by atoms with Gasteiger partial charge in [0.1, 0.15) is 0 Å². The molecule has 0 radical (unpaired) electrons. The Morgan fingerprint density at radius 1 is 1.32 bits per heavy atom. The Morgan fingerprint density at radius 2 is 2.05 bits per heavy atom. The zero-order valence-corrected chi connectivity index (χ0v) is 10.9. The lowest BCUT2D eigenvalue weighted by Gasteiger charge is -2.30. The summed E-state index contributed by atoms with van der Waals surface area (Å²) in [7, 11) is 0. The van der Waals surface area contributed by atoms with Crippen molar-refractivity contribution in [2.24, 2.45) is 11.7 Å². The number of carbonyl (C=O) groups excluding carboxylic acids is 2. The molecule has 7 heteroatoms. The minimum Gasteiger partial charge on any atom is -0.481 e. The van der Waals surface area contributed by atoms with Gasteiger partial charge in [-0.05, 0) is 25.7 Å². The molecule has 108 valence electrons. The van der Waals surface area contributed by atoms with Crippen molar-refractivity contribution in [3.8, 4) is 0 Å². The number of hydrogen-bond donors (Lipinski definition) is 3. The molecule has 0 bridgehead atoms. The van der Waals surface area contributed by atoms with Crippen molar-refractivity contribution in [1.29, 1.82) is 0 Å². The third kappa shape index (κ3) is 5.58. The van der Waals surface area contributed by atoms with E-state index in [0.29, 0.717) is 32.5 Å². The Balaban J connectivity index is 2.21. The highest BCUT2D eigenvalue weighted by atomic mass is 16.4. The Kier molecular flexibility index (Phi) is 6.11. The molecule has 0 aromatic heterocycles. The van der Waals surface area contributed by atoms with Gasteiger partial charge in [0.15, 0.2) is 0 Å². The van der Waals surface area contributed by atoms with E-state index in [-0.39, 0.29) is 18.2 Å². The van der Waals surface area contributed by atoms with Gasteiger partial charge in [-0.2, -0.15) is 0 Å². The van der Waals surface area contributed by atoms with E-state index in [4.69, 9.17) is 10.8 Å². The van der Waals surface area contributed by atoms with Gasteiger partial charge in [0.05, 0.1) is 5.92 Å². The summed E-state index contributed by atoms with van der Waals surface area (Å²) in [5.41, 5.74) is 5.20. The lowest BCUT2D eigenvalue weighted by atomic mass is 9.97. The minimum atomic E-state index is -0.823. The van der Waals surface area contributed by atoms with Gasteiger partial charge in [0, 0.05) is 26.1 Å². The third-order valence-electron chi connectivity index (χ3n) is 3.22. The Hall–Kier alpha value is -1.79. The average molecular weight is 271 g/mol. The number of urea groups is 1. The molecule has 0 aromatic rings. The van der Waals surface area contributed by atoms with Gasteiger partial charge in [-0.3, -0.25) is 9.59 Å². The lowest BCUT2D eigenvalue weighted by molar-refractivity contribution is -0.137. The summed E-state index contributed by atoms with van der Waals surface area (Å²) in [5, 5.41) is 11.2. The highest BCUT2D eigenvalue weighted by Crippen LogP contribution is 2.16. The van der Waals surface area contributed by atoms with Gasteiger partial charge >= 0.3 is 12.0 Å². The minimum absolute atomic E-state index is 0.0822. The van der Waals surface area contributed by atoms with Crippen LogP contribution in [-0.2, 0) is 9.59 Å². The monoisotopic (exact) mass is 271 g/mol. The number of unbranched alkanes of at least 4 members (excludes halogenated alkanes) is 1. The van der Waals surface area contributed by atoms with Gasteiger partial charge in [-0.15, -0.1) is 0 Å². The zero-order chi connectivity index (χ0) is 14.3. The van der Waals surface area contributed by atoms with Gasteiger partial charge in [0.2, 0.25) is 5.91 Å². The maximum Gasteiger partial charge on any atom is 0.314 e. The number of likely N-dealkylation sites (tertiary alicyclic amines) is 1. The fourth-order valence-corrected chi connectivity index (χ4v) is 2.15. The molecule has 0 saturated carbocycles. The molecule has 7 nitrogen and oxygen atoms in total. The molecular formula is C12H21N3O4. The molecule has 4 N–H and O–H groups in total. The fraction of sp³-hybridized carbons (Fsp3) is 0.750. The number of amides is 3. The van der Waals surface area contributed by atoms with Gasteiger partial charge < -0.3 is 21.1 Å². The molecule has 1 atom stereocenters. The van der Waals surface area contributed by atoms with Crippen LogP contribution in [0.3, 0.4) is 0 Å². The second kappa shape index (κ2) is 7.60. The quantitative estimate of drug-likeness (QED) is 0.597. The summed E-state index contributed by atoms with van der Waals surface area (Å²) in [6, 6.07) is -0.487. The summed E-state index contributed by atoms with van der Waals surface area (Å²) >= 11 is 0. The van der Waals surface area contributed by atoms with Crippen LogP contribution in [0, 0.1) is 5.92 Å². The van der Waals surface area contributed by atoms with E-state index in [1.54, 1.807) is 0 Å². The molecule has 1 aliphatic rings. The van der Waals surface area contributed by atoms with Gasteiger partial charge in [-0.25, -0.2) is 4.79 Å². The molecule has 0 aliphatic carbocycles. The third-order valence-corrected chi connectivity index (χ3v) is 3.22. The van der Waals surface area contributed by atoms with E-state index in [1.165, 1.54) is 4.90 Å². The number of nitrogens with zero attached hydrogens (tertiary/aromatic N) is 1. The largest absolute Gasteiger partial charge is 0.481 e. The van der Waals surface area contributed by atoms with Crippen molar-refractivity contribution < 1.29 is 19.5 Å². The number of primary amides is 1. The molecule has 1 fully saturated rings. The first kappa shape index (κ1) is 15.3. The number of piperidine rings is 1. The predicted octanol–water partition coefficient (Wildman–Crippen LogP) is 0.148. The van der Waals surface area contributed by atoms with E-state index in [1.807, 2.05) is 0 Å². The molecular weight excluding hydrogens is 250 g/mol. The van der Waals surface area contributed by atoms with Crippen molar-refractivity contribution >= 4 is 17.9 Å². The van der Waals surface area contributed by atoms with E-state index in [2.05, 4.69) is 5.32 Å². The van der Waals surface area contributed by atoms with Crippen molar-refractivity contribution in [3.63, 3.8) is 0 Å². The summed E-state index contributed by atoms with van der Waals surface area (Å²) in [4.78, 5) is 34.7. The van der Waals surface area contributed by atoms with Crippen molar-refractivity contribution in [3.05, 3.63) is 0 Å². The first-order valence-electron chi connectivity index (χ1n) is 6.54. The summed E-state index contributed by atoms with van der Waals surface area (Å²) in [6.07, 6.45) is 2.84. The molecule has 19 heavy (non-hydrogen) atoms. The van der Waals surface area contributed by atoms with Crippen LogP contribution in [0.2, 0.25) is 0 Å². The Labute approximate surface area is 112 Å². The van der Waals surface area contributed by atoms with Crippen LogP contribution >= 0.6 is 0 Å². The SMILES string of the molecule is NC(=O)N1CCCC(C(=O)NCCCCC(=O)O)C1. The van der Waals surface area contributed by atoms with Crippen molar-refractivity contribution in [2.45, 2.75) is 32.1 Å². The number of aliphatic carboxylic acids is 1. The van der Waals surface area contributed by atoms with Crippen molar-refractivity contribution in [1.82, 2.24) is 10.2 Å². The fourth-order valence-electron chi connectivity index (χ4n) is 2.15. The van der Waals surface area contributed by atoms with Crippen LogP contribution in [0.15, 0.2) is 0 Å². The van der Waals surface area contributed by atoms with Gasteiger partial charge in [0.25, 0.3) is 0 Å². The summed E-state index contributed by atoms with van der Waals surface area (Å²) in [5.74, 6) is -1.11. The molecule has 1 rings (SSSR count). The van der Waals surface area contributed by atoms with E-state index in [9.17, 15) is 14.4 Å². The predicted molar refractivity (Wildman–Crippen MR) is 68.4 cm³/mol. The molecule has 0 spiro atoms. The van der Waals surface area contributed by atoms with E-state index < -0.39 is 12.0 Å². The molecule has 1 heterocycles. The Morgan fingerprint density at radius 3 is 2.68 bits per heavy atom. The van der Waals surface area contributed by atoms with E-state index >= 15 is 0 Å². The number of hydrogen-bond acceptors (Lipinski definition) is 3. The highest BCUT2D eigenvalue weighted by molar-refractivity contribution is 5.80. The zero-order valence-electron chi connectivity index (χ0n) is 10.9. The topological polar surface area (TPSA) is 113 Å². The standard InChI is InChI=1S/C12H21N3O4/c13-12(19)15-7-3-4-9(8-15)11(18)14-6-2-1-5-10(16)17/h9H,1-8H2,(H2,13,19)(H,14,18)(H,16,17). The number of nitrogens with one attached hydrogen (secondary N) is 1. The highest BCUT2D eigenvalue weighted by Gasteiger charge is 2.26. The van der Waals surface area contributed by atoms with Crippen LogP contribution in [-0.4, -0.2) is 47.5 Å². The molecule has 1 unspecified atom stereocenters. The summed E-state index contributed by atoms with van der Waals surface area (Å²) < 4.78 is 0. The smallest absolute Gasteiger partial charge is 0.314 e. The van der Waals surface area contributed by atoms with Gasteiger partial charge in [-0.1, -0.05) is 0 Å². The van der Waals surface area contributed by atoms with Crippen LogP contribution in [0.25, 0.3) is 0 Å². The van der Waals surface area contributed by atoms with Crippen LogP contribution in [0.4, 0.5) is 4.79 Å². The summed E-state index contributed by atoms with van der Waals surface area (Å²) in [6.45, 7) is 1.45. The van der Waals surface area contributed by atoms with Crippen LogP contribution in [0.1, 0.15) is 32.1 Å². The number of nitrogens with two attached hydrogens (primary N) is 1. The number of carboxylic acid groups (broad SMARTS) is 1. The molecule has 0 aromatic carbocycles. The second-order valence-corrected chi connectivity index (χ2v) is 4.77. The van der Waals surface area contributed by atoms with E-state index in [0.717, 1.165) is 12.8 Å². The molecule has 3 amide bonds. The maximum atomic E-state index is 11.9. The van der Waals surface area contributed by atoms with Crippen molar-refractivity contribution in [2.75, 3.05) is 19.6 Å². The average Bonchev–Trinajstić information content (AvgIpc) is 2.37. The maximum absolute atomic E-state index is 11.9. The molecule has 1 aliphatic heterocycles. The first-order chi connectivity index (χ1) is 9.00. The number of rotatable bonds is 6. The lowest BCUT2D eigenvalue weighted by Crippen LogP contribution is -2.47. The first-order valence-corrected chi connectivity index (χ1v) is 6.54. The van der Waals surface area contributed by atoms with Crippen LogP contribution in [0.5, 0.6) is 0 Å².